The maximum absolute atomic E-state index is 2.45. The van der Waals surface area contributed by atoms with E-state index in [-0.39, 0.29) is 5.54 Å². The van der Waals surface area contributed by atoms with E-state index < -0.39 is 0 Å². The fraction of sp³-hybridized carbons (Fsp3) is 0.154. The van der Waals surface area contributed by atoms with Crippen molar-refractivity contribution in [3.05, 3.63) is 97.1 Å². The minimum atomic E-state index is -0.0622. The van der Waals surface area contributed by atoms with Crippen LogP contribution in [0.5, 0.6) is 0 Å². The minimum Gasteiger partial charge on any atom is -0.336 e. The average molecular weight is 351 g/mol. The smallest absolute Gasteiger partial charge is 0.0501 e. The molecule has 1 nitrogen and oxygen atoms in total. The fourth-order valence-corrected chi connectivity index (χ4v) is 3.73. The molecule has 4 aromatic rings. The van der Waals surface area contributed by atoms with Crippen LogP contribution in [0.15, 0.2) is 97.1 Å². The third-order valence-corrected chi connectivity index (χ3v) is 4.87. The SMILES string of the molecule is CC(C)(C)N(c1ccccc1)c1cc2ccccc2cc1-c1ccccc1. The Morgan fingerprint density at radius 3 is 1.70 bits per heavy atom. The minimum absolute atomic E-state index is 0.0622. The van der Waals surface area contributed by atoms with E-state index in [0.717, 1.165) is 0 Å². The molecule has 4 aromatic carbocycles. The van der Waals surface area contributed by atoms with Gasteiger partial charge in [0.1, 0.15) is 0 Å². The summed E-state index contributed by atoms with van der Waals surface area (Å²) < 4.78 is 0. The van der Waals surface area contributed by atoms with E-state index in [0.29, 0.717) is 0 Å². The third-order valence-electron chi connectivity index (χ3n) is 4.87. The van der Waals surface area contributed by atoms with Crippen molar-refractivity contribution in [3.63, 3.8) is 0 Å². The maximum Gasteiger partial charge on any atom is 0.0501 e. The van der Waals surface area contributed by atoms with E-state index in [1.54, 1.807) is 0 Å². The molecule has 27 heavy (non-hydrogen) atoms. The van der Waals surface area contributed by atoms with Gasteiger partial charge in [0.15, 0.2) is 0 Å². The molecule has 4 rings (SSSR count). The highest BCUT2D eigenvalue weighted by Gasteiger charge is 2.26. The van der Waals surface area contributed by atoms with E-state index in [1.165, 1.54) is 33.3 Å². The summed E-state index contributed by atoms with van der Waals surface area (Å²) in [5, 5.41) is 2.53. The summed E-state index contributed by atoms with van der Waals surface area (Å²) in [5.74, 6) is 0. The lowest BCUT2D eigenvalue weighted by Gasteiger charge is -2.39. The Bertz CT molecular complexity index is 1040. The highest BCUT2D eigenvalue weighted by Crippen LogP contribution is 2.41. The van der Waals surface area contributed by atoms with Crippen molar-refractivity contribution < 1.29 is 0 Å². The van der Waals surface area contributed by atoms with Gasteiger partial charge >= 0.3 is 0 Å². The van der Waals surface area contributed by atoms with E-state index >= 15 is 0 Å². The number of hydrogen-bond donors (Lipinski definition) is 0. The zero-order chi connectivity index (χ0) is 18.9. The number of para-hydroxylation sites is 1. The van der Waals surface area contributed by atoms with Crippen LogP contribution in [-0.4, -0.2) is 5.54 Å². The fourth-order valence-electron chi connectivity index (χ4n) is 3.73. The molecule has 134 valence electrons. The molecule has 0 aromatic heterocycles. The first-order valence-electron chi connectivity index (χ1n) is 9.47. The van der Waals surface area contributed by atoms with Crippen LogP contribution in [0.1, 0.15) is 20.8 Å². The zero-order valence-corrected chi connectivity index (χ0v) is 16.2. The zero-order valence-electron chi connectivity index (χ0n) is 16.2. The summed E-state index contributed by atoms with van der Waals surface area (Å²) in [6.45, 7) is 6.80. The van der Waals surface area contributed by atoms with Crippen LogP contribution < -0.4 is 4.90 Å². The van der Waals surface area contributed by atoms with E-state index in [4.69, 9.17) is 0 Å². The molecule has 0 saturated heterocycles. The molecule has 0 aliphatic rings. The number of nitrogens with zero attached hydrogens (tertiary/aromatic N) is 1. The van der Waals surface area contributed by atoms with Crippen molar-refractivity contribution in [2.24, 2.45) is 0 Å². The molecule has 0 bridgehead atoms. The van der Waals surface area contributed by atoms with Gasteiger partial charge in [-0.2, -0.15) is 0 Å². The number of fused-ring (bicyclic) bond motifs is 1. The molecule has 0 N–H and O–H groups in total. The molecule has 0 fully saturated rings. The largest absolute Gasteiger partial charge is 0.336 e. The van der Waals surface area contributed by atoms with Gasteiger partial charge in [0.25, 0.3) is 0 Å². The Kier molecular flexibility index (Phi) is 4.45. The lowest BCUT2D eigenvalue weighted by atomic mass is 9.95. The van der Waals surface area contributed by atoms with Crippen molar-refractivity contribution in [3.8, 4) is 11.1 Å². The van der Waals surface area contributed by atoms with Crippen LogP contribution in [0.4, 0.5) is 11.4 Å². The first kappa shape index (κ1) is 17.4. The van der Waals surface area contributed by atoms with Gasteiger partial charge in [-0.15, -0.1) is 0 Å². The summed E-state index contributed by atoms with van der Waals surface area (Å²) in [5.41, 5.74) is 4.88. The van der Waals surface area contributed by atoms with E-state index in [9.17, 15) is 0 Å². The van der Waals surface area contributed by atoms with Gasteiger partial charge in [-0.3, -0.25) is 0 Å². The van der Waals surface area contributed by atoms with E-state index in [1.807, 2.05) is 0 Å². The molecule has 0 aliphatic carbocycles. The van der Waals surface area contributed by atoms with Crippen molar-refractivity contribution in [2.75, 3.05) is 4.90 Å². The Balaban J connectivity index is 2.03. The normalized spacial score (nSPS) is 11.5. The van der Waals surface area contributed by atoms with Crippen molar-refractivity contribution in [1.82, 2.24) is 0 Å². The third kappa shape index (κ3) is 3.46. The molecule has 0 amide bonds. The monoisotopic (exact) mass is 351 g/mol. The second kappa shape index (κ2) is 6.92. The second-order valence-electron chi connectivity index (χ2n) is 7.92. The highest BCUT2D eigenvalue weighted by molar-refractivity contribution is 5.96. The predicted molar refractivity (Wildman–Crippen MR) is 118 cm³/mol. The molecule has 0 atom stereocenters. The van der Waals surface area contributed by atoms with Gasteiger partial charge in [-0.25, -0.2) is 0 Å². The number of benzene rings is 4. The Morgan fingerprint density at radius 2 is 1.11 bits per heavy atom. The summed E-state index contributed by atoms with van der Waals surface area (Å²) in [6.07, 6.45) is 0. The van der Waals surface area contributed by atoms with Crippen LogP contribution in [-0.2, 0) is 0 Å². The summed E-state index contributed by atoms with van der Waals surface area (Å²) in [4.78, 5) is 2.45. The second-order valence-corrected chi connectivity index (χ2v) is 7.92. The van der Waals surface area contributed by atoms with Crippen LogP contribution in [0.3, 0.4) is 0 Å². The van der Waals surface area contributed by atoms with Crippen LogP contribution >= 0.6 is 0 Å². The predicted octanol–water partition coefficient (Wildman–Crippen LogP) is 7.44. The first-order valence-corrected chi connectivity index (χ1v) is 9.47. The molecule has 0 aliphatic heterocycles. The number of hydrogen-bond acceptors (Lipinski definition) is 1. The summed E-state index contributed by atoms with van der Waals surface area (Å²) in [6, 6.07) is 34.6. The van der Waals surface area contributed by atoms with Crippen LogP contribution in [0.25, 0.3) is 21.9 Å². The van der Waals surface area contributed by atoms with Crippen LogP contribution in [0.2, 0.25) is 0 Å². The maximum atomic E-state index is 2.45. The number of anilines is 2. The lowest BCUT2D eigenvalue weighted by Crippen LogP contribution is -2.37. The van der Waals surface area contributed by atoms with E-state index in [2.05, 4.69) is 123 Å². The van der Waals surface area contributed by atoms with Gasteiger partial charge in [0.2, 0.25) is 0 Å². The van der Waals surface area contributed by atoms with Crippen molar-refractivity contribution in [2.45, 2.75) is 26.3 Å². The molecule has 0 radical (unpaired) electrons. The standard InChI is InChI=1S/C26H25N/c1-26(2,3)27(23-16-8-5-9-17-23)25-19-22-15-11-10-14-21(22)18-24(25)20-12-6-4-7-13-20/h4-19H,1-3H3. The Labute approximate surface area is 161 Å². The lowest BCUT2D eigenvalue weighted by molar-refractivity contribution is 0.561. The molecular weight excluding hydrogens is 326 g/mol. The molecule has 0 unspecified atom stereocenters. The molecule has 0 spiro atoms. The summed E-state index contributed by atoms with van der Waals surface area (Å²) >= 11 is 0. The van der Waals surface area contributed by atoms with Gasteiger partial charge in [0.05, 0.1) is 5.69 Å². The first-order chi connectivity index (χ1) is 13.0. The van der Waals surface area contributed by atoms with Gasteiger partial charge in [-0.05, 0) is 61.4 Å². The van der Waals surface area contributed by atoms with Crippen molar-refractivity contribution in [1.29, 1.82) is 0 Å². The molecule has 1 heteroatoms. The average Bonchev–Trinajstić information content (AvgIpc) is 2.68. The Hall–Kier alpha value is -3.06. The quantitative estimate of drug-likeness (QED) is 0.370. The highest BCUT2D eigenvalue weighted by atomic mass is 15.2. The van der Waals surface area contributed by atoms with Crippen molar-refractivity contribution >= 4 is 22.1 Å². The Morgan fingerprint density at radius 1 is 0.593 bits per heavy atom. The molecular formula is C26H25N. The van der Waals surface area contributed by atoms with Gasteiger partial charge in [0, 0.05) is 16.8 Å². The summed E-state index contributed by atoms with van der Waals surface area (Å²) in [7, 11) is 0. The molecule has 0 heterocycles. The van der Waals surface area contributed by atoms with Gasteiger partial charge < -0.3 is 4.90 Å². The van der Waals surface area contributed by atoms with Crippen LogP contribution in [0, 0.1) is 0 Å². The number of rotatable bonds is 3. The molecule has 0 saturated carbocycles. The van der Waals surface area contributed by atoms with Gasteiger partial charge in [-0.1, -0.05) is 72.8 Å². The topological polar surface area (TPSA) is 3.24 Å².